The molecule has 17 heavy (non-hydrogen) atoms. The second kappa shape index (κ2) is 5.18. The molecule has 0 spiro atoms. The molecule has 2 N–H and O–H groups in total. The van der Waals surface area contributed by atoms with Gasteiger partial charge < -0.3 is 14.9 Å². The average molecular weight is 269 g/mol. The van der Waals surface area contributed by atoms with Crippen molar-refractivity contribution in [3.63, 3.8) is 0 Å². The van der Waals surface area contributed by atoms with E-state index in [0.29, 0.717) is 12.8 Å². The molecule has 0 heterocycles. The first-order valence-corrected chi connectivity index (χ1v) is 5.66. The third-order valence-corrected chi connectivity index (χ3v) is 3.38. The Morgan fingerprint density at radius 3 is 2.35 bits per heavy atom. The van der Waals surface area contributed by atoms with Gasteiger partial charge in [-0.3, -0.25) is 4.79 Å². The maximum Gasteiger partial charge on any atom is 0.344 e. The third-order valence-electron chi connectivity index (χ3n) is 3.15. The molecule has 0 aliphatic heterocycles. The van der Waals surface area contributed by atoms with Gasteiger partial charge in [-0.2, -0.15) is 0 Å². The number of carbonyl (C=O) groups excluding carboxylic acids is 1. The normalized spacial score (nSPS) is 37.5. The van der Waals surface area contributed by atoms with Gasteiger partial charge in [-0.15, -0.1) is 11.6 Å². The van der Waals surface area contributed by atoms with Crippen LogP contribution in [0, 0.1) is 11.8 Å². The minimum absolute atomic E-state index is 0.292. The lowest BCUT2D eigenvalue weighted by molar-refractivity contribution is -0.151. The van der Waals surface area contributed by atoms with Crippen molar-refractivity contribution in [3.05, 3.63) is 0 Å². The monoisotopic (exact) mass is 268 g/mol. The summed E-state index contributed by atoms with van der Waals surface area (Å²) < 4.78 is 18.0. The first-order valence-electron chi connectivity index (χ1n) is 5.12. The molecule has 0 radical (unpaired) electrons. The minimum Gasteiger partial charge on any atom is -0.480 e. The molecule has 2 fully saturated rings. The van der Waals surface area contributed by atoms with E-state index in [2.05, 4.69) is 4.74 Å². The lowest BCUT2D eigenvalue weighted by atomic mass is 10.1. The first-order chi connectivity index (χ1) is 7.89. The Balaban J connectivity index is 0.000000249. The van der Waals surface area contributed by atoms with Crippen LogP contribution in [0.25, 0.3) is 0 Å². The fourth-order valence-electron chi connectivity index (χ4n) is 2.36. The maximum atomic E-state index is 13.6. The van der Waals surface area contributed by atoms with Crippen LogP contribution >= 0.6 is 11.6 Å². The van der Waals surface area contributed by atoms with Crippen LogP contribution in [0.1, 0.15) is 12.8 Å². The highest BCUT2D eigenvalue weighted by Crippen LogP contribution is 2.63. The highest BCUT2D eigenvalue weighted by molar-refractivity contribution is 6.26. The number of carbonyl (C=O) groups is 2. The molecule has 0 unspecified atom stereocenters. The average Bonchev–Trinajstić information content (AvgIpc) is 2.70. The van der Waals surface area contributed by atoms with E-state index >= 15 is 0 Å². The zero-order valence-electron chi connectivity index (χ0n) is 9.23. The molecular weight excluding hydrogens is 255 g/mol. The number of fused-ring (bicyclic) bond motifs is 1. The van der Waals surface area contributed by atoms with E-state index in [9.17, 15) is 19.1 Å². The van der Waals surface area contributed by atoms with E-state index in [0.717, 1.165) is 0 Å². The van der Waals surface area contributed by atoms with Crippen molar-refractivity contribution in [2.45, 2.75) is 24.6 Å². The lowest BCUT2D eigenvalue weighted by Crippen LogP contribution is -2.28. The Kier molecular flexibility index (Phi) is 4.32. The Bertz CT molecular complexity index is 324. The van der Waals surface area contributed by atoms with Crippen molar-refractivity contribution >= 4 is 23.5 Å². The Morgan fingerprint density at radius 2 is 2.06 bits per heavy atom. The molecule has 2 rings (SSSR count). The van der Waals surface area contributed by atoms with Crippen LogP contribution < -0.4 is 0 Å². The van der Waals surface area contributed by atoms with Crippen LogP contribution in [0.4, 0.5) is 4.39 Å². The van der Waals surface area contributed by atoms with E-state index in [4.69, 9.17) is 16.7 Å². The van der Waals surface area contributed by atoms with E-state index in [1.54, 1.807) is 0 Å². The standard InChI is InChI=1S/C8H11FO3.C2H3ClO2/c1-12-7(11)8(9)4-2-3-5(10)6(4)8;3-1-2(4)5/h4-6,10H,2-3H2,1H3;1H2,(H,4,5)/t4-,5-,6-,8-;/m0./s1. The fraction of sp³-hybridized carbons (Fsp3) is 0.800. The molecule has 2 aliphatic rings. The minimum atomic E-state index is -1.87. The zero-order valence-corrected chi connectivity index (χ0v) is 9.98. The van der Waals surface area contributed by atoms with Gasteiger partial charge in [-0.05, 0) is 12.8 Å². The zero-order chi connectivity index (χ0) is 13.2. The van der Waals surface area contributed by atoms with E-state index in [1.807, 2.05) is 0 Å². The highest BCUT2D eigenvalue weighted by atomic mass is 35.5. The summed E-state index contributed by atoms with van der Waals surface area (Å²) in [4.78, 5) is 20.2. The SMILES string of the molecule is COC(=O)[C@@]1(F)[C@@H]2[C@@H](O)CC[C@@H]21.O=C(O)CCl. The van der Waals surface area contributed by atoms with Gasteiger partial charge in [0.05, 0.1) is 13.2 Å². The number of methoxy groups -OCH3 is 1. The summed E-state index contributed by atoms with van der Waals surface area (Å²) in [5, 5.41) is 16.9. The number of ether oxygens (including phenoxy) is 1. The Hall–Kier alpha value is -0.880. The van der Waals surface area contributed by atoms with Crippen LogP contribution in [0.5, 0.6) is 0 Å². The van der Waals surface area contributed by atoms with Gasteiger partial charge in [0.25, 0.3) is 0 Å². The van der Waals surface area contributed by atoms with Crippen LogP contribution in [0.15, 0.2) is 0 Å². The van der Waals surface area contributed by atoms with Crippen molar-refractivity contribution < 1.29 is 28.9 Å². The quantitative estimate of drug-likeness (QED) is 0.565. The second-order valence-electron chi connectivity index (χ2n) is 4.06. The van der Waals surface area contributed by atoms with Gasteiger partial charge in [-0.25, -0.2) is 9.18 Å². The number of halogens is 2. The van der Waals surface area contributed by atoms with Crippen LogP contribution in [-0.2, 0) is 14.3 Å². The predicted molar refractivity (Wildman–Crippen MR) is 56.4 cm³/mol. The Morgan fingerprint density at radius 1 is 1.53 bits per heavy atom. The number of hydrogen-bond donors (Lipinski definition) is 2. The summed E-state index contributed by atoms with van der Waals surface area (Å²) >= 11 is 4.74. The number of aliphatic carboxylic acids is 1. The molecule has 0 saturated heterocycles. The number of hydrogen-bond acceptors (Lipinski definition) is 4. The number of carboxylic acid groups (broad SMARTS) is 1. The van der Waals surface area contributed by atoms with Crippen molar-refractivity contribution in [1.82, 2.24) is 0 Å². The number of esters is 1. The summed E-state index contributed by atoms with van der Waals surface area (Å²) in [5.74, 6) is -2.90. The van der Waals surface area contributed by atoms with Gasteiger partial charge >= 0.3 is 11.9 Å². The smallest absolute Gasteiger partial charge is 0.344 e. The second-order valence-corrected chi connectivity index (χ2v) is 4.33. The summed E-state index contributed by atoms with van der Waals surface area (Å²) in [7, 11) is 1.17. The van der Waals surface area contributed by atoms with Crippen LogP contribution in [0.2, 0.25) is 0 Å². The van der Waals surface area contributed by atoms with Crippen molar-refractivity contribution in [2.24, 2.45) is 11.8 Å². The predicted octanol–water partition coefficient (Wildman–Crippen LogP) is 0.578. The molecular formula is C10H14ClFO5. The molecule has 0 bridgehead atoms. The van der Waals surface area contributed by atoms with E-state index < -0.39 is 29.6 Å². The molecule has 0 aromatic carbocycles. The van der Waals surface area contributed by atoms with Gasteiger partial charge in [0, 0.05) is 11.8 Å². The topological polar surface area (TPSA) is 83.8 Å². The van der Waals surface area contributed by atoms with Crippen molar-refractivity contribution in [3.8, 4) is 0 Å². The van der Waals surface area contributed by atoms with Gasteiger partial charge in [0.15, 0.2) is 0 Å². The van der Waals surface area contributed by atoms with Gasteiger partial charge in [-0.1, -0.05) is 0 Å². The molecule has 4 atom stereocenters. The van der Waals surface area contributed by atoms with Gasteiger partial charge in [0.2, 0.25) is 5.67 Å². The summed E-state index contributed by atoms with van der Waals surface area (Å²) in [6, 6.07) is 0. The molecule has 0 amide bonds. The lowest BCUT2D eigenvalue weighted by Gasteiger charge is -2.11. The number of carboxylic acids is 1. The van der Waals surface area contributed by atoms with Crippen molar-refractivity contribution in [2.75, 3.05) is 13.0 Å². The summed E-state index contributed by atoms with van der Waals surface area (Å²) in [6.45, 7) is 0. The fourth-order valence-corrected chi connectivity index (χ4v) is 2.36. The van der Waals surface area contributed by atoms with Crippen LogP contribution in [0.3, 0.4) is 0 Å². The van der Waals surface area contributed by atoms with E-state index in [1.165, 1.54) is 7.11 Å². The largest absolute Gasteiger partial charge is 0.480 e. The molecule has 98 valence electrons. The maximum absolute atomic E-state index is 13.6. The number of aliphatic hydroxyl groups is 1. The summed E-state index contributed by atoms with van der Waals surface area (Å²) in [6.07, 6.45) is 0.550. The third kappa shape index (κ3) is 2.52. The molecule has 0 aromatic heterocycles. The van der Waals surface area contributed by atoms with E-state index in [-0.39, 0.29) is 11.8 Å². The number of rotatable bonds is 2. The van der Waals surface area contributed by atoms with Crippen LogP contribution in [-0.4, -0.2) is 46.9 Å². The Labute approximate surface area is 103 Å². The number of aliphatic hydroxyl groups excluding tert-OH is 1. The number of alkyl halides is 2. The molecule has 0 aromatic rings. The molecule has 2 saturated carbocycles. The molecule has 5 nitrogen and oxygen atoms in total. The summed E-state index contributed by atoms with van der Waals surface area (Å²) in [5.41, 5.74) is -1.87. The highest BCUT2D eigenvalue weighted by Gasteiger charge is 2.76. The molecule has 7 heteroatoms. The van der Waals surface area contributed by atoms with Crippen molar-refractivity contribution in [1.29, 1.82) is 0 Å². The first kappa shape index (κ1) is 14.2. The molecule has 2 aliphatic carbocycles. The van der Waals surface area contributed by atoms with Gasteiger partial charge in [0.1, 0.15) is 5.88 Å².